The molecular formula is C22H20N6O. The SMILES string of the molecule is COCCNc1ccc2nc(-c3ccc4nc(-c5ccccn5)[nH]c4c3)[nH]c2c1. The molecule has 5 aromatic rings. The van der Waals surface area contributed by atoms with Crippen molar-refractivity contribution in [2.45, 2.75) is 0 Å². The monoisotopic (exact) mass is 384 g/mol. The van der Waals surface area contributed by atoms with Crippen molar-refractivity contribution in [3.63, 3.8) is 0 Å². The maximum atomic E-state index is 5.08. The molecule has 0 saturated carbocycles. The van der Waals surface area contributed by atoms with Gasteiger partial charge in [0.05, 0.1) is 28.7 Å². The van der Waals surface area contributed by atoms with E-state index in [1.165, 1.54) is 0 Å². The van der Waals surface area contributed by atoms with E-state index in [9.17, 15) is 0 Å². The first-order valence-corrected chi connectivity index (χ1v) is 9.44. The second-order valence-electron chi connectivity index (χ2n) is 6.77. The molecule has 29 heavy (non-hydrogen) atoms. The Labute approximate surface area is 167 Å². The highest BCUT2D eigenvalue weighted by Crippen LogP contribution is 2.26. The maximum absolute atomic E-state index is 5.08. The van der Waals surface area contributed by atoms with Crippen LogP contribution in [0.4, 0.5) is 5.69 Å². The van der Waals surface area contributed by atoms with Crippen LogP contribution in [-0.4, -0.2) is 45.2 Å². The number of aromatic amines is 2. The summed E-state index contributed by atoms with van der Waals surface area (Å²) in [4.78, 5) is 20.5. The van der Waals surface area contributed by atoms with Crippen molar-refractivity contribution in [2.24, 2.45) is 0 Å². The number of nitrogens with zero attached hydrogens (tertiary/aromatic N) is 3. The third-order valence-electron chi connectivity index (χ3n) is 4.78. The Hall–Kier alpha value is -3.71. The Morgan fingerprint density at radius 3 is 2.52 bits per heavy atom. The third-order valence-corrected chi connectivity index (χ3v) is 4.78. The molecule has 0 atom stereocenters. The van der Waals surface area contributed by atoms with Gasteiger partial charge in [0, 0.05) is 31.1 Å². The molecule has 3 N–H and O–H groups in total. The Kier molecular flexibility index (Phi) is 4.42. The number of aromatic nitrogens is 5. The maximum Gasteiger partial charge on any atom is 0.157 e. The Morgan fingerprint density at radius 2 is 1.69 bits per heavy atom. The summed E-state index contributed by atoms with van der Waals surface area (Å²) in [5.74, 6) is 1.58. The molecule has 0 spiro atoms. The van der Waals surface area contributed by atoms with Crippen molar-refractivity contribution < 1.29 is 4.74 Å². The van der Waals surface area contributed by atoms with Crippen LogP contribution in [0.2, 0.25) is 0 Å². The predicted octanol–water partition coefficient (Wildman–Crippen LogP) is 4.23. The number of anilines is 1. The number of rotatable bonds is 6. The van der Waals surface area contributed by atoms with Gasteiger partial charge < -0.3 is 20.0 Å². The van der Waals surface area contributed by atoms with Gasteiger partial charge in [-0.15, -0.1) is 0 Å². The molecule has 7 heteroatoms. The molecule has 0 aliphatic rings. The van der Waals surface area contributed by atoms with Crippen LogP contribution in [0.3, 0.4) is 0 Å². The van der Waals surface area contributed by atoms with Crippen LogP contribution in [0.1, 0.15) is 0 Å². The van der Waals surface area contributed by atoms with E-state index in [0.717, 1.165) is 57.2 Å². The Balaban J connectivity index is 1.47. The molecule has 0 radical (unpaired) electrons. The number of fused-ring (bicyclic) bond motifs is 2. The number of imidazole rings is 2. The summed E-state index contributed by atoms with van der Waals surface area (Å²) < 4.78 is 5.08. The number of benzene rings is 2. The van der Waals surface area contributed by atoms with E-state index >= 15 is 0 Å². The lowest BCUT2D eigenvalue weighted by Crippen LogP contribution is -2.07. The minimum atomic E-state index is 0.664. The molecular weight excluding hydrogens is 364 g/mol. The summed E-state index contributed by atoms with van der Waals surface area (Å²) in [7, 11) is 1.70. The number of hydrogen-bond donors (Lipinski definition) is 3. The van der Waals surface area contributed by atoms with Crippen LogP contribution in [0.15, 0.2) is 60.8 Å². The van der Waals surface area contributed by atoms with Crippen LogP contribution in [0, 0.1) is 0 Å². The average molecular weight is 384 g/mol. The van der Waals surface area contributed by atoms with E-state index in [-0.39, 0.29) is 0 Å². The summed E-state index contributed by atoms with van der Waals surface area (Å²) in [6.45, 7) is 1.43. The molecule has 0 fully saturated rings. The predicted molar refractivity (Wildman–Crippen MR) is 115 cm³/mol. The second kappa shape index (κ2) is 7.37. The fourth-order valence-electron chi connectivity index (χ4n) is 3.33. The molecule has 144 valence electrons. The van der Waals surface area contributed by atoms with E-state index in [4.69, 9.17) is 9.72 Å². The summed E-state index contributed by atoms with van der Waals surface area (Å²) in [5.41, 5.74) is 6.62. The van der Waals surface area contributed by atoms with Gasteiger partial charge in [0.2, 0.25) is 0 Å². The van der Waals surface area contributed by atoms with Crippen molar-refractivity contribution in [2.75, 3.05) is 25.6 Å². The largest absolute Gasteiger partial charge is 0.383 e. The lowest BCUT2D eigenvalue weighted by molar-refractivity contribution is 0.211. The smallest absolute Gasteiger partial charge is 0.157 e. The lowest BCUT2D eigenvalue weighted by atomic mass is 10.2. The molecule has 7 nitrogen and oxygen atoms in total. The standard InChI is InChI=1S/C22H20N6O/c1-29-11-10-23-15-6-8-17-20(13-15)27-21(25-17)14-5-7-16-19(12-14)28-22(26-16)18-4-2-3-9-24-18/h2-9,12-13,23H,10-11H2,1H3,(H,25,27)(H,26,28). The minimum absolute atomic E-state index is 0.664. The van der Waals surface area contributed by atoms with Gasteiger partial charge in [-0.25, -0.2) is 9.97 Å². The fourth-order valence-corrected chi connectivity index (χ4v) is 3.33. The fraction of sp³-hybridized carbons (Fsp3) is 0.136. The van der Waals surface area contributed by atoms with Crippen molar-refractivity contribution >= 4 is 27.8 Å². The van der Waals surface area contributed by atoms with Crippen LogP contribution in [-0.2, 0) is 4.74 Å². The highest BCUT2D eigenvalue weighted by molar-refractivity contribution is 5.86. The summed E-state index contributed by atoms with van der Waals surface area (Å²) in [6, 6.07) is 18.0. The molecule has 2 aromatic carbocycles. The van der Waals surface area contributed by atoms with Crippen molar-refractivity contribution in [3.8, 4) is 22.9 Å². The van der Waals surface area contributed by atoms with Crippen molar-refractivity contribution in [1.82, 2.24) is 24.9 Å². The van der Waals surface area contributed by atoms with E-state index in [1.54, 1.807) is 13.3 Å². The van der Waals surface area contributed by atoms with E-state index in [0.29, 0.717) is 6.61 Å². The zero-order valence-corrected chi connectivity index (χ0v) is 15.9. The van der Waals surface area contributed by atoms with Gasteiger partial charge in [-0.2, -0.15) is 0 Å². The molecule has 5 rings (SSSR count). The number of H-pyrrole nitrogens is 2. The van der Waals surface area contributed by atoms with E-state index in [1.807, 2.05) is 42.5 Å². The first-order chi connectivity index (χ1) is 14.3. The molecule has 0 bridgehead atoms. The van der Waals surface area contributed by atoms with Gasteiger partial charge in [-0.3, -0.25) is 4.98 Å². The zero-order valence-electron chi connectivity index (χ0n) is 15.9. The molecule has 0 saturated heterocycles. The first kappa shape index (κ1) is 17.4. The Morgan fingerprint density at radius 1 is 0.897 bits per heavy atom. The number of hydrogen-bond acceptors (Lipinski definition) is 5. The second-order valence-corrected chi connectivity index (χ2v) is 6.77. The summed E-state index contributed by atoms with van der Waals surface area (Å²) >= 11 is 0. The number of pyridine rings is 1. The first-order valence-electron chi connectivity index (χ1n) is 9.44. The Bertz CT molecular complexity index is 1270. The normalized spacial score (nSPS) is 11.3. The van der Waals surface area contributed by atoms with Crippen LogP contribution < -0.4 is 5.32 Å². The van der Waals surface area contributed by atoms with Crippen LogP contribution in [0.5, 0.6) is 0 Å². The van der Waals surface area contributed by atoms with E-state index in [2.05, 4.69) is 37.4 Å². The van der Waals surface area contributed by atoms with Crippen molar-refractivity contribution in [3.05, 3.63) is 60.8 Å². The lowest BCUT2D eigenvalue weighted by Gasteiger charge is -2.04. The molecule has 0 aliphatic carbocycles. The third kappa shape index (κ3) is 3.43. The number of methoxy groups -OCH3 is 1. The highest BCUT2D eigenvalue weighted by Gasteiger charge is 2.10. The minimum Gasteiger partial charge on any atom is -0.383 e. The van der Waals surface area contributed by atoms with Gasteiger partial charge in [0.25, 0.3) is 0 Å². The molecule has 3 heterocycles. The highest BCUT2D eigenvalue weighted by atomic mass is 16.5. The molecule has 0 amide bonds. The topological polar surface area (TPSA) is 91.5 Å². The zero-order chi connectivity index (χ0) is 19.6. The van der Waals surface area contributed by atoms with Gasteiger partial charge in [0.15, 0.2) is 5.82 Å². The van der Waals surface area contributed by atoms with Crippen LogP contribution >= 0.6 is 0 Å². The van der Waals surface area contributed by atoms with Gasteiger partial charge >= 0.3 is 0 Å². The van der Waals surface area contributed by atoms with Gasteiger partial charge in [-0.1, -0.05) is 6.07 Å². The summed E-state index contributed by atoms with van der Waals surface area (Å²) in [5, 5.41) is 3.34. The number of ether oxygens (including phenoxy) is 1. The molecule has 0 aliphatic heterocycles. The average Bonchev–Trinajstić information content (AvgIpc) is 3.38. The number of nitrogens with one attached hydrogen (secondary N) is 3. The van der Waals surface area contributed by atoms with Crippen molar-refractivity contribution in [1.29, 1.82) is 0 Å². The molecule has 0 unspecified atom stereocenters. The quantitative estimate of drug-likeness (QED) is 0.381. The van der Waals surface area contributed by atoms with Gasteiger partial charge in [0.1, 0.15) is 11.5 Å². The van der Waals surface area contributed by atoms with Crippen LogP contribution in [0.25, 0.3) is 45.0 Å². The summed E-state index contributed by atoms with van der Waals surface area (Å²) in [6.07, 6.45) is 1.76. The molecule has 3 aromatic heterocycles. The van der Waals surface area contributed by atoms with Gasteiger partial charge in [-0.05, 0) is 48.5 Å². The van der Waals surface area contributed by atoms with E-state index < -0.39 is 0 Å².